The molecule has 3 aromatic rings. The number of H-pyrrole nitrogens is 1. The summed E-state index contributed by atoms with van der Waals surface area (Å²) in [6, 6.07) is 7.62. The van der Waals surface area contributed by atoms with Crippen molar-refractivity contribution in [3.05, 3.63) is 46.4 Å². The summed E-state index contributed by atoms with van der Waals surface area (Å²) >= 11 is 6.38. The van der Waals surface area contributed by atoms with E-state index in [9.17, 15) is 4.79 Å². The molecule has 0 atom stereocenters. The first-order chi connectivity index (χ1) is 13.3. The molecule has 7 heteroatoms. The van der Waals surface area contributed by atoms with E-state index in [0.29, 0.717) is 17.3 Å². The third kappa shape index (κ3) is 3.87. The Morgan fingerprint density at radius 2 is 2.14 bits per heavy atom. The van der Waals surface area contributed by atoms with Crippen LogP contribution in [0, 0.1) is 5.41 Å². The number of rotatable bonds is 7. The number of hydrogen-bond donors (Lipinski definition) is 2. The van der Waals surface area contributed by atoms with Crippen LogP contribution in [0.3, 0.4) is 0 Å². The minimum Gasteiger partial charge on any atom is -0.486 e. The van der Waals surface area contributed by atoms with Crippen LogP contribution in [0.4, 0.5) is 0 Å². The van der Waals surface area contributed by atoms with Crippen molar-refractivity contribution in [2.45, 2.75) is 52.7 Å². The largest absolute Gasteiger partial charge is 0.486 e. The van der Waals surface area contributed by atoms with Crippen molar-refractivity contribution in [2.24, 2.45) is 5.41 Å². The van der Waals surface area contributed by atoms with Crippen molar-refractivity contribution in [2.75, 3.05) is 0 Å². The number of hydrogen-bond acceptors (Lipinski definition) is 4. The second-order valence-electron chi connectivity index (χ2n) is 8.07. The molecule has 1 aromatic carbocycles. The van der Waals surface area contributed by atoms with Gasteiger partial charge in [-0.25, -0.2) is 0 Å². The molecule has 1 fully saturated rings. The van der Waals surface area contributed by atoms with Gasteiger partial charge in [0.05, 0.1) is 11.6 Å². The van der Waals surface area contributed by atoms with Crippen molar-refractivity contribution < 1.29 is 14.1 Å². The zero-order chi connectivity index (χ0) is 19.9. The number of halogens is 1. The molecule has 148 valence electrons. The van der Waals surface area contributed by atoms with Gasteiger partial charge in [-0.15, -0.1) is 0 Å². The second-order valence-corrected chi connectivity index (χ2v) is 8.48. The summed E-state index contributed by atoms with van der Waals surface area (Å²) < 4.78 is 11.1. The number of nitrogens with zero attached hydrogens (tertiary/aromatic N) is 1. The van der Waals surface area contributed by atoms with E-state index in [-0.39, 0.29) is 23.8 Å². The maximum absolute atomic E-state index is 12.1. The highest BCUT2D eigenvalue weighted by Crippen LogP contribution is 2.45. The molecule has 0 spiro atoms. The number of nitrogens with one attached hydrogen (secondary N) is 2. The Bertz CT molecular complexity index is 1020. The van der Waals surface area contributed by atoms with E-state index in [1.807, 2.05) is 45.0 Å². The summed E-state index contributed by atoms with van der Waals surface area (Å²) in [6.45, 7) is 6.84. The highest BCUT2D eigenvalue weighted by atomic mass is 35.5. The normalized spacial score (nSPS) is 15.2. The van der Waals surface area contributed by atoms with Gasteiger partial charge < -0.3 is 19.6 Å². The van der Waals surface area contributed by atoms with Gasteiger partial charge >= 0.3 is 0 Å². The summed E-state index contributed by atoms with van der Waals surface area (Å²) in [4.78, 5) is 15.4. The lowest BCUT2D eigenvalue weighted by molar-refractivity contribution is -0.125. The van der Waals surface area contributed by atoms with E-state index in [0.717, 1.165) is 40.9 Å². The van der Waals surface area contributed by atoms with E-state index < -0.39 is 0 Å². The lowest BCUT2D eigenvalue weighted by Gasteiger charge is -2.08. The van der Waals surface area contributed by atoms with E-state index >= 15 is 0 Å². The SMILES string of the molecule is CC(C)c1cc(COc2cc3[nH]c(CNC(=O)C4(C)CC4)cc3cc2Cl)no1. The molecule has 0 aliphatic heterocycles. The number of amides is 1. The van der Waals surface area contributed by atoms with Crippen LogP contribution in [0.2, 0.25) is 5.02 Å². The lowest BCUT2D eigenvalue weighted by Crippen LogP contribution is -2.29. The molecule has 0 bridgehead atoms. The predicted octanol–water partition coefficient (Wildman–Crippen LogP) is 4.93. The van der Waals surface area contributed by atoms with E-state index in [2.05, 4.69) is 15.5 Å². The van der Waals surface area contributed by atoms with Gasteiger partial charge in [0.1, 0.15) is 23.8 Å². The third-order valence-electron chi connectivity index (χ3n) is 5.24. The quantitative estimate of drug-likeness (QED) is 0.588. The fraction of sp³-hybridized carbons (Fsp3) is 0.429. The number of benzene rings is 1. The Balaban J connectivity index is 1.44. The topological polar surface area (TPSA) is 80.1 Å². The highest BCUT2D eigenvalue weighted by Gasteiger charge is 2.44. The Morgan fingerprint density at radius 1 is 1.36 bits per heavy atom. The van der Waals surface area contributed by atoms with Crippen LogP contribution in [0.25, 0.3) is 10.9 Å². The van der Waals surface area contributed by atoms with Gasteiger partial charge in [-0.05, 0) is 25.0 Å². The summed E-state index contributed by atoms with van der Waals surface area (Å²) in [5, 5.41) is 8.52. The van der Waals surface area contributed by atoms with Crippen LogP contribution in [0.5, 0.6) is 5.75 Å². The van der Waals surface area contributed by atoms with Crippen LogP contribution in [0.1, 0.15) is 56.7 Å². The van der Waals surface area contributed by atoms with Crippen molar-refractivity contribution in [1.82, 2.24) is 15.5 Å². The Labute approximate surface area is 168 Å². The first-order valence-corrected chi connectivity index (χ1v) is 9.89. The number of ether oxygens (including phenoxy) is 1. The molecule has 2 N–H and O–H groups in total. The van der Waals surface area contributed by atoms with Crippen molar-refractivity contribution in [3.8, 4) is 5.75 Å². The molecule has 6 nitrogen and oxygen atoms in total. The predicted molar refractivity (Wildman–Crippen MR) is 107 cm³/mol. The molecule has 4 rings (SSSR count). The number of fused-ring (bicyclic) bond motifs is 1. The number of aromatic nitrogens is 2. The van der Waals surface area contributed by atoms with Gasteiger partial charge in [0, 0.05) is 40.1 Å². The standard InChI is InChI=1S/C21H24ClN3O3/c1-12(2)18-8-15(25-28-18)11-27-19-9-17-13(7-16(19)22)6-14(24-17)10-23-20(26)21(3)4-5-21/h6-9,12,24H,4-5,10-11H2,1-3H3,(H,23,26). The zero-order valence-electron chi connectivity index (χ0n) is 16.3. The van der Waals surface area contributed by atoms with Crippen molar-refractivity contribution in [1.29, 1.82) is 0 Å². The van der Waals surface area contributed by atoms with E-state index in [1.54, 1.807) is 0 Å². The van der Waals surface area contributed by atoms with Gasteiger partial charge in [-0.2, -0.15) is 0 Å². The molecule has 1 aliphatic rings. The molecule has 1 amide bonds. The summed E-state index contributed by atoms with van der Waals surface area (Å²) in [5.74, 6) is 1.80. The molecular formula is C21H24ClN3O3. The molecule has 2 heterocycles. The van der Waals surface area contributed by atoms with Gasteiger partial charge in [0.25, 0.3) is 0 Å². The molecule has 2 aromatic heterocycles. The highest BCUT2D eigenvalue weighted by molar-refractivity contribution is 6.32. The monoisotopic (exact) mass is 401 g/mol. The first-order valence-electron chi connectivity index (χ1n) is 9.52. The zero-order valence-corrected chi connectivity index (χ0v) is 17.0. The van der Waals surface area contributed by atoms with Gasteiger partial charge in [-0.1, -0.05) is 37.5 Å². The average molecular weight is 402 g/mol. The Hall–Kier alpha value is -2.47. The summed E-state index contributed by atoms with van der Waals surface area (Å²) in [6.07, 6.45) is 1.93. The lowest BCUT2D eigenvalue weighted by atomic mass is 10.1. The molecule has 1 saturated carbocycles. The molecule has 0 radical (unpaired) electrons. The Kier molecular flexibility index (Phi) is 4.83. The number of carbonyl (C=O) groups is 1. The van der Waals surface area contributed by atoms with Crippen LogP contribution >= 0.6 is 11.6 Å². The molecule has 1 aliphatic carbocycles. The summed E-state index contributed by atoms with van der Waals surface area (Å²) in [7, 11) is 0. The fourth-order valence-electron chi connectivity index (χ4n) is 3.02. The van der Waals surface area contributed by atoms with Crippen LogP contribution in [0.15, 0.2) is 28.8 Å². The molecule has 0 unspecified atom stereocenters. The Morgan fingerprint density at radius 3 is 2.82 bits per heavy atom. The van der Waals surface area contributed by atoms with Crippen LogP contribution in [-0.4, -0.2) is 16.0 Å². The third-order valence-corrected chi connectivity index (χ3v) is 5.53. The molecule has 28 heavy (non-hydrogen) atoms. The second kappa shape index (κ2) is 7.17. The minimum absolute atomic E-state index is 0.113. The van der Waals surface area contributed by atoms with Gasteiger partial charge in [0.2, 0.25) is 5.91 Å². The van der Waals surface area contributed by atoms with Crippen LogP contribution in [-0.2, 0) is 17.9 Å². The maximum Gasteiger partial charge on any atom is 0.226 e. The first kappa shape index (κ1) is 18.9. The summed E-state index contributed by atoms with van der Waals surface area (Å²) in [5.41, 5.74) is 2.39. The average Bonchev–Trinajstić information content (AvgIpc) is 3.07. The fourth-order valence-corrected chi connectivity index (χ4v) is 3.25. The van der Waals surface area contributed by atoms with Crippen molar-refractivity contribution >= 4 is 28.4 Å². The van der Waals surface area contributed by atoms with Crippen LogP contribution < -0.4 is 10.1 Å². The number of carbonyl (C=O) groups excluding carboxylic acids is 1. The molecule has 0 saturated heterocycles. The maximum atomic E-state index is 12.1. The van der Waals surface area contributed by atoms with Gasteiger partial charge in [0.15, 0.2) is 0 Å². The van der Waals surface area contributed by atoms with E-state index in [4.69, 9.17) is 20.9 Å². The molecular weight excluding hydrogens is 378 g/mol. The van der Waals surface area contributed by atoms with Crippen molar-refractivity contribution in [3.63, 3.8) is 0 Å². The smallest absolute Gasteiger partial charge is 0.226 e. The van der Waals surface area contributed by atoms with E-state index in [1.165, 1.54) is 0 Å². The number of aromatic amines is 1. The minimum atomic E-state index is -0.174. The van der Waals surface area contributed by atoms with Gasteiger partial charge in [-0.3, -0.25) is 4.79 Å².